The van der Waals surface area contributed by atoms with Crippen LogP contribution in [0.1, 0.15) is 45.2 Å². The van der Waals surface area contributed by atoms with E-state index in [9.17, 15) is 9.59 Å². The van der Waals surface area contributed by atoms with E-state index < -0.39 is 23.5 Å². The molecule has 0 saturated heterocycles. The van der Waals surface area contributed by atoms with Crippen molar-refractivity contribution in [2.45, 2.75) is 45.2 Å². The summed E-state index contributed by atoms with van der Waals surface area (Å²) in [5.41, 5.74) is 11.3. The Morgan fingerprint density at radius 2 is 1.92 bits per heavy atom. The fourth-order valence-electron chi connectivity index (χ4n) is 2.59. The predicted molar refractivity (Wildman–Crippen MR) is 88.3 cm³/mol. The van der Waals surface area contributed by atoms with Gasteiger partial charge in [-0.1, -0.05) is 19.9 Å². The van der Waals surface area contributed by atoms with E-state index in [2.05, 4.69) is 9.78 Å². The number of benzene rings is 1. The number of carbonyl (C=O) groups is 2. The summed E-state index contributed by atoms with van der Waals surface area (Å²) in [7, 11) is 0. The van der Waals surface area contributed by atoms with Crippen molar-refractivity contribution >= 4 is 11.9 Å². The molecule has 8 nitrogen and oxygen atoms in total. The molecular weight excluding hydrogens is 328 g/mol. The molecule has 138 valence electrons. The molecule has 8 heteroatoms. The highest BCUT2D eigenvalue weighted by molar-refractivity contribution is 5.80. The second kappa shape index (κ2) is 7.71. The first-order chi connectivity index (χ1) is 11.7. The van der Waals surface area contributed by atoms with Crippen molar-refractivity contribution in [2.24, 2.45) is 17.4 Å². The Labute approximate surface area is 146 Å². The van der Waals surface area contributed by atoms with Gasteiger partial charge in [0.25, 0.3) is 0 Å². The Bertz CT molecular complexity index is 644. The first-order valence-corrected chi connectivity index (χ1v) is 8.05. The van der Waals surface area contributed by atoms with Gasteiger partial charge in [-0.25, -0.2) is 19.4 Å². The minimum absolute atomic E-state index is 0.153. The molecule has 0 radical (unpaired) electrons. The zero-order valence-electron chi connectivity index (χ0n) is 14.6. The summed E-state index contributed by atoms with van der Waals surface area (Å²) in [5.74, 6) is -0.178. The van der Waals surface area contributed by atoms with Gasteiger partial charge in [0.2, 0.25) is 6.79 Å². The standard InChI is InChI=1S/C17H24N2O6/c1-10(2)8-17(3,19)16(21)25-24-15(20)7-12(18)11-4-5-13-14(6-11)23-9-22-13/h4-6,10,12H,7-9,18-19H2,1-3H3. The maximum absolute atomic E-state index is 11.9. The Morgan fingerprint density at radius 3 is 2.60 bits per heavy atom. The first kappa shape index (κ1) is 19.0. The van der Waals surface area contributed by atoms with Crippen LogP contribution in [0.4, 0.5) is 0 Å². The summed E-state index contributed by atoms with van der Waals surface area (Å²) in [6.45, 7) is 5.53. The van der Waals surface area contributed by atoms with E-state index in [0.29, 0.717) is 23.5 Å². The largest absolute Gasteiger partial charge is 0.454 e. The van der Waals surface area contributed by atoms with Gasteiger partial charge in [0.05, 0.1) is 6.42 Å². The van der Waals surface area contributed by atoms with Crippen LogP contribution in [-0.4, -0.2) is 24.3 Å². The number of carbonyl (C=O) groups excluding carboxylic acids is 2. The monoisotopic (exact) mass is 352 g/mol. The van der Waals surface area contributed by atoms with E-state index in [4.69, 9.17) is 20.9 Å². The van der Waals surface area contributed by atoms with Crippen LogP contribution in [0.15, 0.2) is 18.2 Å². The van der Waals surface area contributed by atoms with Crippen LogP contribution in [0.25, 0.3) is 0 Å². The van der Waals surface area contributed by atoms with Gasteiger partial charge in [-0.3, -0.25) is 0 Å². The van der Waals surface area contributed by atoms with Gasteiger partial charge in [-0.05, 0) is 37.0 Å². The number of ether oxygens (including phenoxy) is 2. The van der Waals surface area contributed by atoms with Crippen molar-refractivity contribution in [3.63, 3.8) is 0 Å². The van der Waals surface area contributed by atoms with Gasteiger partial charge >= 0.3 is 11.9 Å². The minimum atomic E-state index is -1.23. The Morgan fingerprint density at radius 1 is 1.24 bits per heavy atom. The van der Waals surface area contributed by atoms with Crippen molar-refractivity contribution in [3.8, 4) is 11.5 Å². The zero-order chi connectivity index (χ0) is 18.6. The number of hydrogen-bond donors (Lipinski definition) is 2. The highest BCUT2D eigenvalue weighted by Crippen LogP contribution is 2.34. The Kier molecular flexibility index (Phi) is 5.86. The van der Waals surface area contributed by atoms with Gasteiger partial charge in [-0.2, -0.15) is 0 Å². The number of nitrogens with two attached hydrogens (primary N) is 2. The van der Waals surface area contributed by atoms with Gasteiger partial charge < -0.3 is 20.9 Å². The van der Waals surface area contributed by atoms with Gasteiger partial charge in [0.15, 0.2) is 11.5 Å². The Balaban J connectivity index is 1.84. The highest BCUT2D eigenvalue weighted by Gasteiger charge is 2.33. The Hall–Kier alpha value is -2.32. The fraction of sp³-hybridized carbons (Fsp3) is 0.529. The molecule has 0 spiro atoms. The molecule has 0 aromatic heterocycles. The lowest BCUT2D eigenvalue weighted by atomic mass is 9.92. The molecule has 2 rings (SSSR count). The molecule has 0 amide bonds. The van der Waals surface area contributed by atoms with Gasteiger partial charge in [-0.15, -0.1) is 0 Å². The van der Waals surface area contributed by atoms with E-state index in [1.807, 2.05) is 13.8 Å². The van der Waals surface area contributed by atoms with Crippen LogP contribution in [0, 0.1) is 5.92 Å². The lowest BCUT2D eigenvalue weighted by Crippen LogP contribution is -2.47. The van der Waals surface area contributed by atoms with Crippen molar-refractivity contribution in [1.82, 2.24) is 0 Å². The molecule has 1 aromatic rings. The summed E-state index contributed by atoms with van der Waals surface area (Å²) in [4.78, 5) is 32.9. The predicted octanol–water partition coefficient (Wildman–Crippen LogP) is 1.57. The molecule has 0 bridgehead atoms. The van der Waals surface area contributed by atoms with Crippen molar-refractivity contribution < 1.29 is 28.8 Å². The third-order valence-electron chi connectivity index (χ3n) is 3.72. The molecule has 25 heavy (non-hydrogen) atoms. The zero-order valence-corrected chi connectivity index (χ0v) is 14.6. The molecule has 1 aliphatic rings. The normalized spacial score (nSPS) is 16.2. The van der Waals surface area contributed by atoms with E-state index in [0.717, 1.165) is 0 Å². The van der Waals surface area contributed by atoms with Crippen LogP contribution in [0.5, 0.6) is 11.5 Å². The molecule has 2 atom stereocenters. The molecule has 0 saturated carbocycles. The quantitative estimate of drug-likeness (QED) is 0.584. The maximum Gasteiger partial charge on any atom is 0.374 e. The summed E-state index contributed by atoms with van der Waals surface area (Å²) < 4.78 is 10.5. The molecule has 1 aliphatic heterocycles. The number of rotatable bonds is 6. The van der Waals surface area contributed by atoms with Crippen LogP contribution in [-0.2, 0) is 19.4 Å². The van der Waals surface area contributed by atoms with Crippen molar-refractivity contribution in [1.29, 1.82) is 0 Å². The second-order valence-corrected chi connectivity index (χ2v) is 6.76. The molecule has 0 fully saturated rings. The lowest BCUT2D eigenvalue weighted by molar-refractivity contribution is -0.263. The van der Waals surface area contributed by atoms with Crippen LogP contribution >= 0.6 is 0 Å². The van der Waals surface area contributed by atoms with Gasteiger partial charge in [0, 0.05) is 6.04 Å². The molecule has 1 aromatic carbocycles. The topological polar surface area (TPSA) is 123 Å². The minimum Gasteiger partial charge on any atom is -0.454 e. The van der Waals surface area contributed by atoms with E-state index in [1.165, 1.54) is 6.92 Å². The average Bonchev–Trinajstić information content (AvgIpc) is 2.98. The van der Waals surface area contributed by atoms with Gasteiger partial charge in [0.1, 0.15) is 5.54 Å². The van der Waals surface area contributed by atoms with E-state index in [1.54, 1.807) is 18.2 Å². The molecule has 2 unspecified atom stereocenters. The molecule has 1 heterocycles. The van der Waals surface area contributed by atoms with Crippen LogP contribution < -0.4 is 20.9 Å². The summed E-state index contributed by atoms with van der Waals surface area (Å²) in [6, 6.07) is 4.51. The average molecular weight is 352 g/mol. The van der Waals surface area contributed by atoms with Crippen molar-refractivity contribution in [2.75, 3.05) is 6.79 Å². The maximum atomic E-state index is 11.9. The van der Waals surface area contributed by atoms with E-state index in [-0.39, 0.29) is 19.1 Å². The van der Waals surface area contributed by atoms with E-state index >= 15 is 0 Å². The van der Waals surface area contributed by atoms with Crippen LogP contribution in [0.2, 0.25) is 0 Å². The smallest absolute Gasteiger partial charge is 0.374 e. The van der Waals surface area contributed by atoms with Crippen molar-refractivity contribution in [3.05, 3.63) is 23.8 Å². The molecule has 0 aliphatic carbocycles. The van der Waals surface area contributed by atoms with Crippen LogP contribution in [0.3, 0.4) is 0 Å². The summed E-state index contributed by atoms with van der Waals surface area (Å²) >= 11 is 0. The summed E-state index contributed by atoms with van der Waals surface area (Å²) in [6.07, 6.45) is 0.235. The molecular formula is C17H24N2O6. The second-order valence-electron chi connectivity index (χ2n) is 6.76. The number of fused-ring (bicyclic) bond motifs is 1. The lowest BCUT2D eigenvalue weighted by Gasteiger charge is -2.22. The highest BCUT2D eigenvalue weighted by atomic mass is 17.2. The third-order valence-corrected chi connectivity index (χ3v) is 3.72. The number of hydrogen-bond acceptors (Lipinski definition) is 8. The third kappa shape index (κ3) is 5.07. The summed E-state index contributed by atoms with van der Waals surface area (Å²) in [5, 5.41) is 0. The fourth-order valence-corrected chi connectivity index (χ4v) is 2.59. The first-order valence-electron chi connectivity index (χ1n) is 8.05. The SMILES string of the molecule is CC(C)CC(C)(N)C(=O)OOC(=O)CC(N)c1ccc2c(c1)OCO2. The molecule has 4 N–H and O–H groups in total.